The Hall–Kier alpha value is -4.70. The number of aromatic nitrogens is 3. The van der Waals surface area contributed by atoms with E-state index in [2.05, 4.69) is 105 Å². The molecular formula is C36H31N3O. The molecule has 4 nitrogen and oxygen atoms in total. The summed E-state index contributed by atoms with van der Waals surface area (Å²) in [5.41, 5.74) is 10.6. The van der Waals surface area contributed by atoms with Crippen LogP contribution < -0.4 is 0 Å². The summed E-state index contributed by atoms with van der Waals surface area (Å²) in [6.07, 6.45) is 1.86. The van der Waals surface area contributed by atoms with Crippen LogP contribution in [0.15, 0.2) is 108 Å². The van der Waals surface area contributed by atoms with Gasteiger partial charge in [0.1, 0.15) is 16.7 Å². The van der Waals surface area contributed by atoms with Crippen molar-refractivity contribution in [2.75, 3.05) is 0 Å². The monoisotopic (exact) mass is 521 g/mol. The Kier molecular flexibility index (Phi) is 5.78. The molecule has 0 saturated carbocycles. The maximum Gasteiger partial charge on any atom is 0.164 e. The highest BCUT2D eigenvalue weighted by Gasteiger charge is 2.25. The topological polar surface area (TPSA) is 43.9 Å². The van der Waals surface area contributed by atoms with Gasteiger partial charge in [-0.25, -0.2) is 9.97 Å². The predicted molar refractivity (Wildman–Crippen MR) is 165 cm³/mol. The van der Waals surface area contributed by atoms with Crippen LogP contribution in [0.5, 0.6) is 0 Å². The molecule has 0 fully saturated rings. The van der Waals surface area contributed by atoms with Gasteiger partial charge in [-0.1, -0.05) is 88.4 Å². The van der Waals surface area contributed by atoms with Gasteiger partial charge < -0.3 is 4.42 Å². The molecule has 0 aliphatic carbocycles. The molecule has 4 aromatic carbocycles. The van der Waals surface area contributed by atoms with Crippen LogP contribution in [0, 0.1) is 0 Å². The normalized spacial score (nSPS) is 11.9. The first-order valence-corrected chi connectivity index (χ1v) is 14.0. The standard InChI is InChI=1S/C36H31N3O/c1-22(2)29-20-25(24-12-6-5-7-13-24)21-30(23(3)4)33(29)39-35(38-31-17-11-19-37-36(31)39)28-16-10-15-27-26-14-8-9-18-32(26)40-34(27)28/h5-23H,1-4H3. The second kappa shape index (κ2) is 9.49. The number of hydrogen-bond acceptors (Lipinski definition) is 3. The van der Waals surface area contributed by atoms with Crippen molar-refractivity contribution in [3.05, 3.63) is 114 Å². The molecule has 40 heavy (non-hydrogen) atoms. The van der Waals surface area contributed by atoms with E-state index in [-0.39, 0.29) is 11.8 Å². The summed E-state index contributed by atoms with van der Waals surface area (Å²) in [6.45, 7) is 9.07. The van der Waals surface area contributed by atoms with Gasteiger partial charge in [-0.3, -0.25) is 4.57 Å². The molecule has 0 aliphatic heterocycles. The first kappa shape index (κ1) is 24.3. The molecule has 0 spiro atoms. The molecule has 3 heterocycles. The lowest BCUT2D eigenvalue weighted by Gasteiger charge is -2.24. The van der Waals surface area contributed by atoms with E-state index in [4.69, 9.17) is 14.4 Å². The summed E-state index contributed by atoms with van der Waals surface area (Å²) in [5, 5.41) is 2.20. The van der Waals surface area contributed by atoms with E-state index in [1.807, 2.05) is 30.5 Å². The lowest BCUT2D eigenvalue weighted by atomic mass is 9.88. The third kappa shape index (κ3) is 3.83. The molecule has 0 unspecified atom stereocenters. The summed E-state index contributed by atoms with van der Waals surface area (Å²) in [4.78, 5) is 10.1. The van der Waals surface area contributed by atoms with Crippen LogP contribution in [0.4, 0.5) is 0 Å². The Morgan fingerprint density at radius 3 is 2.12 bits per heavy atom. The molecule has 0 N–H and O–H groups in total. The smallest absolute Gasteiger partial charge is 0.164 e. The summed E-state index contributed by atoms with van der Waals surface area (Å²) in [7, 11) is 0. The van der Waals surface area contributed by atoms with Gasteiger partial charge in [-0.2, -0.15) is 0 Å². The quantitative estimate of drug-likeness (QED) is 0.226. The minimum absolute atomic E-state index is 0.284. The average Bonchev–Trinajstić information content (AvgIpc) is 3.55. The van der Waals surface area contributed by atoms with Gasteiger partial charge in [0.15, 0.2) is 11.5 Å². The SMILES string of the molecule is CC(C)c1cc(-c2ccccc2)cc(C(C)C)c1-n1c(-c2cccc3c2oc2ccccc23)nc2cccnc21. The minimum atomic E-state index is 0.284. The Labute approximate surface area is 233 Å². The highest BCUT2D eigenvalue weighted by molar-refractivity contribution is 6.09. The predicted octanol–water partition coefficient (Wildman–Crippen LogP) is 9.90. The van der Waals surface area contributed by atoms with E-state index in [9.17, 15) is 0 Å². The molecule has 0 radical (unpaired) electrons. The van der Waals surface area contributed by atoms with Gasteiger partial charge in [-0.05, 0) is 70.5 Å². The molecule has 4 heteroatoms. The summed E-state index contributed by atoms with van der Waals surface area (Å²) < 4.78 is 8.76. The van der Waals surface area contributed by atoms with Crippen LogP contribution in [0.25, 0.3) is 61.3 Å². The summed E-state index contributed by atoms with van der Waals surface area (Å²) >= 11 is 0. The van der Waals surface area contributed by atoms with Crippen molar-refractivity contribution in [2.24, 2.45) is 0 Å². The molecule has 0 aliphatic rings. The number of rotatable bonds is 5. The zero-order valence-electron chi connectivity index (χ0n) is 23.2. The Morgan fingerprint density at radius 1 is 0.675 bits per heavy atom. The van der Waals surface area contributed by atoms with E-state index >= 15 is 0 Å². The maximum atomic E-state index is 6.48. The van der Waals surface area contributed by atoms with Crippen LogP contribution in [0.1, 0.15) is 50.7 Å². The molecule has 0 saturated heterocycles. The van der Waals surface area contributed by atoms with Gasteiger partial charge in [0.2, 0.25) is 0 Å². The van der Waals surface area contributed by atoms with Gasteiger partial charge in [0.05, 0.1) is 11.3 Å². The minimum Gasteiger partial charge on any atom is -0.455 e. The number of furan rings is 1. The number of para-hydroxylation sites is 2. The van der Waals surface area contributed by atoms with E-state index in [0.29, 0.717) is 0 Å². The van der Waals surface area contributed by atoms with Crippen molar-refractivity contribution in [1.29, 1.82) is 0 Å². The molecule has 7 rings (SSSR count). The zero-order valence-corrected chi connectivity index (χ0v) is 23.2. The third-order valence-corrected chi connectivity index (χ3v) is 7.80. The van der Waals surface area contributed by atoms with Crippen molar-refractivity contribution >= 4 is 33.1 Å². The maximum absolute atomic E-state index is 6.48. The van der Waals surface area contributed by atoms with Gasteiger partial charge in [0.25, 0.3) is 0 Å². The molecule has 7 aromatic rings. The second-order valence-corrected chi connectivity index (χ2v) is 11.1. The number of hydrogen-bond donors (Lipinski definition) is 0. The van der Waals surface area contributed by atoms with Crippen LogP contribution >= 0.6 is 0 Å². The fourth-order valence-electron chi connectivity index (χ4n) is 5.84. The second-order valence-electron chi connectivity index (χ2n) is 11.1. The van der Waals surface area contributed by atoms with Crippen LogP contribution in [-0.4, -0.2) is 14.5 Å². The third-order valence-electron chi connectivity index (χ3n) is 7.80. The molecule has 196 valence electrons. The van der Waals surface area contributed by atoms with Crippen LogP contribution in [0.3, 0.4) is 0 Å². The molecule has 0 bridgehead atoms. The first-order chi connectivity index (χ1) is 19.5. The highest BCUT2D eigenvalue weighted by atomic mass is 16.3. The fourth-order valence-corrected chi connectivity index (χ4v) is 5.84. The van der Waals surface area contributed by atoms with Gasteiger partial charge in [0, 0.05) is 17.0 Å². The number of pyridine rings is 1. The molecule has 0 atom stereocenters. The van der Waals surface area contributed by atoms with E-state index in [1.54, 1.807) is 0 Å². The fraction of sp³-hybridized carbons (Fsp3) is 0.167. The van der Waals surface area contributed by atoms with E-state index in [0.717, 1.165) is 50.2 Å². The Bertz CT molecular complexity index is 1980. The number of imidazole rings is 1. The van der Waals surface area contributed by atoms with Crippen molar-refractivity contribution in [2.45, 2.75) is 39.5 Å². The van der Waals surface area contributed by atoms with Crippen molar-refractivity contribution < 1.29 is 4.42 Å². The molecule has 3 aromatic heterocycles. The Balaban J connectivity index is 1.59. The van der Waals surface area contributed by atoms with E-state index in [1.165, 1.54) is 22.3 Å². The zero-order chi connectivity index (χ0) is 27.4. The van der Waals surface area contributed by atoms with Gasteiger partial charge >= 0.3 is 0 Å². The number of benzene rings is 4. The van der Waals surface area contributed by atoms with Gasteiger partial charge in [-0.15, -0.1) is 0 Å². The lowest BCUT2D eigenvalue weighted by molar-refractivity contribution is 0.669. The molecule has 0 amide bonds. The first-order valence-electron chi connectivity index (χ1n) is 14.0. The number of fused-ring (bicyclic) bond motifs is 4. The van der Waals surface area contributed by atoms with Crippen LogP contribution in [-0.2, 0) is 0 Å². The van der Waals surface area contributed by atoms with E-state index < -0.39 is 0 Å². The summed E-state index contributed by atoms with van der Waals surface area (Å²) in [5.74, 6) is 1.41. The lowest BCUT2D eigenvalue weighted by Crippen LogP contribution is -2.10. The summed E-state index contributed by atoms with van der Waals surface area (Å²) in [6, 6.07) is 33.9. The Morgan fingerprint density at radius 2 is 1.38 bits per heavy atom. The van der Waals surface area contributed by atoms with Crippen molar-refractivity contribution in [3.63, 3.8) is 0 Å². The van der Waals surface area contributed by atoms with Crippen LogP contribution in [0.2, 0.25) is 0 Å². The van der Waals surface area contributed by atoms with Crippen molar-refractivity contribution in [1.82, 2.24) is 14.5 Å². The largest absolute Gasteiger partial charge is 0.455 e. The molecular weight excluding hydrogens is 490 g/mol. The van der Waals surface area contributed by atoms with Crippen molar-refractivity contribution in [3.8, 4) is 28.2 Å². The average molecular weight is 522 g/mol. The highest BCUT2D eigenvalue weighted by Crippen LogP contribution is 2.42. The number of nitrogens with zero attached hydrogens (tertiary/aromatic N) is 3.